The maximum atomic E-state index is 12.9. The molecule has 1 N–H and O–H groups in total. The molecular formula is C16H25N3O2. The van der Waals surface area contributed by atoms with Crippen molar-refractivity contribution in [2.45, 2.75) is 19.9 Å². The number of rotatable bonds is 5. The Bertz CT molecular complexity index is 502. The number of amides is 1. The summed E-state index contributed by atoms with van der Waals surface area (Å²) in [7, 11) is 4.04. The lowest BCUT2D eigenvalue weighted by Crippen LogP contribution is -2.44. The summed E-state index contributed by atoms with van der Waals surface area (Å²) in [4.78, 5) is 16.9. The Balaban J connectivity index is 2.25. The predicted octanol–water partition coefficient (Wildman–Crippen LogP) is 1.90. The number of likely N-dealkylation sites (N-methyl/N-ethyl adjacent to an activating group) is 2. The van der Waals surface area contributed by atoms with Crippen LogP contribution in [0.25, 0.3) is 0 Å². The lowest BCUT2D eigenvalue weighted by Gasteiger charge is -2.31. The molecule has 0 aliphatic carbocycles. The third kappa shape index (κ3) is 3.47. The van der Waals surface area contributed by atoms with E-state index in [0.717, 1.165) is 18.8 Å². The summed E-state index contributed by atoms with van der Waals surface area (Å²) < 4.78 is 5.71. The van der Waals surface area contributed by atoms with E-state index in [1.165, 1.54) is 0 Å². The average molecular weight is 291 g/mol. The summed E-state index contributed by atoms with van der Waals surface area (Å²) in [5.41, 5.74) is 1.55. The van der Waals surface area contributed by atoms with Crippen LogP contribution in [0.1, 0.15) is 24.2 Å². The van der Waals surface area contributed by atoms with Gasteiger partial charge in [-0.3, -0.25) is 4.79 Å². The highest BCUT2D eigenvalue weighted by Crippen LogP contribution is 2.32. The Hall–Kier alpha value is -1.75. The normalized spacial score (nSPS) is 14.9. The molecule has 1 aliphatic rings. The maximum absolute atomic E-state index is 12.9. The molecular weight excluding hydrogens is 266 g/mol. The van der Waals surface area contributed by atoms with Gasteiger partial charge in [0, 0.05) is 25.7 Å². The lowest BCUT2D eigenvalue weighted by atomic mass is 10.1. The van der Waals surface area contributed by atoms with Crippen molar-refractivity contribution in [2.75, 3.05) is 45.7 Å². The van der Waals surface area contributed by atoms with E-state index in [9.17, 15) is 4.79 Å². The summed E-state index contributed by atoms with van der Waals surface area (Å²) in [6.07, 6.45) is 0. The van der Waals surface area contributed by atoms with Crippen LogP contribution in [0.5, 0.6) is 5.75 Å². The summed E-state index contributed by atoms with van der Waals surface area (Å²) >= 11 is 0. The van der Waals surface area contributed by atoms with Gasteiger partial charge in [-0.15, -0.1) is 0 Å². The fraction of sp³-hybridized carbons (Fsp3) is 0.562. The van der Waals surface area contributed by atoms with Gasteiger partial charge in [-0.1, -0.05) is 6.07 Å². The van der Waals surface area contributed by atoms with E-state index in [2.05, 4.69) is 17.1 Å². The van der Waals surface area contributed by atoms with Crippen molar-refractivity contribution in [2.24, 2.45) is 0 Å². The molecule has 0 spiro atoms. The Kier molecular flexibility index (Phi) is 5.07. The van der Waals surface area contributed by atoms with E-state index in [4.69, 9.17) is 4.74 Å². The molecule has 5 nitrogen and oxygen atoms in total. The molecule has 5 heteroatoms. The number of anilines is 1. The number of nitrogens with zero attached hydrogens (tertiary/aromatic N) is 2. The highest BCUT2D eigenvalue weighted by molar-refractivity contribution is 5.99. The van der Waals surface area contributed by atoms with Crippen LogP contribution in [0.2, 0.25) is 0 Å². The minimum Gasteiger partial charge on any atom is -0.489 e. The first-order valence-corrected chi connectivity index (χ1v) is 7.50. The zero-order valence-corrected chi connectivity index (χ0v) is 13.3. The van der Waals surface area contributed by atoms with Crippen molar-refractivity contribution in [3.05, 3.63) is 23.8 Å². The van der Waals surface area contributed by atoms with Crippen LogP contribution >= 0.6 is 0 Å². The molecule has 0 radical (unpaired) electrons. The number of para-hydroxylation sites is 1. The standard InChI is InChI=1S/C16H25N3O2/c1-5-19(12(2)11-18(3)4)16(20)13-7-6-8-14-15(13)21-10-9-17-14/h6-8,12,17H,5,9-11H2,1-4H3. The monoisotopic (exact) mass is 291 g/mol. The molecule has 21 heavy (non-hydrogen) atoms. The summed E-state index contributed by atoms with van der Waals surface area (Å²) in [5.74, 6) is 0.719. The number of fused-ring (bicyclic) bond motifs is 1. The molecule has 0 bridgehead atoms. The van der Waals surface area contributed by atoms with Crippen LogP contribution < -0.4 is 10.1 Å². The zero-order chi connectivity index (χ0) is 15.4. The van der Waals surface area contributed by atoms with Crippen molar-refractivity contribution >= 4 is 11.6 Å². The molecule has 0 aromatic heterocycles. The van der Waals surface area contributed by atoms with Gasteiger partial charge in [0.05, 0.1) is 11.3 Å². The molecule has 0 saturated heterocycles. The second kappa shape index (κ2) is 6.80. The number of benzene rings is 1. The van der Waals surface area contributed by atoms with Crippen molar-refractivity contribution in [1.82, 2.24) is 9.80 Å². The van der Waals surface area contributed by atoms with Gasteiger partial charge in [0.1, 0.15) is 6.61 Å². The van der Waals surface area contributed by atoms with E-state index in [1.807, 2.05) is 44.1 Å². The molecule has 1 aromatic rings. The highest BCUT2D eigenvalue weighted by atomic mass is 16.5. The Morgan fingerprint density at radius 3 is 2.86 bits per heavy atom. The Labute approximate surface area is 126 Å². The summed E-state index contributed by atoms with van der Waals surface area (Å²) in [6, 6.07) is 5.85. The third-order valence-corrected chi connectivity index (χ3v) is 3.67. The van der Waals surface area contributed by atoms with Gasteiger partial charge in [-0.2, -0.15) is 0 Å². The molecule has 1 amide bonds. The maximum Gasteiger partial charge on any atom is 0.257 e. The lowest BCUT2D eigenvalue weighted by molar-refractivity contribution is 0.0674. The van der Waals surface area contributed by atoms with Crippen molar-refractivity contribution < 1.29 is 9.53 Å². The molecule has 116 valence electrons. The second-order valence-corrected chi connectivity index (χ2v) is 5.66. The largest absolute Gasteiger partial charge is 0.489 e. The molecule has 1 heterocycles. The van der Waals surface area contributed by atoms with Crippen LogP contribution in [0.15, 0.2) is 18.2 Å². The fourth-order valence-corrected chi connectivity index (χ4v) is 2.78. The quantitative estimate of drug-likeness (QED) is 0.900. The smallest absolute Gasteiger partial charge is 0.257 e. The van der Waals surface area contributed by atoms with Crippen molar-refractivity contribution in [3.63, 3.8) is 0 Å². The predicted molar refractivity (Wildman–Crippen MR) is 85.2 cm³/mol. The number of hydrogen-bond donors (Lipinski definition) is 1. The zero-order valence-electron chi connectivity index (χ0n) is 13.3. The average Bonchev–Trinajstić information content (AvgIpc) is 2.46. The Morgan fingerprint density at radius 2 is 2.19 bits per heavy atom. The molecule has 1 aromatic carbocycles. The van der Waals surface area contributed by atoms with Gasteiger partial charge in [0.15, 0.2) is 5.75 Å². The van der Waals surface area contributed by atoms with Gasteiger partial charge in [-0.05, 0) is 40.1 Å². The number of carbonyl (C=O) groups is 1. The van der Waals surface area contributed by atoms with Crippen molar-refractivity contribution in [1.29, 1.82) is 0 Å². The van der Waals surface area contributed by atoms with E-state index >= 15 is 0 Å². The van der Waals surface area contributed by atoms with Gasteiger partial charge in [0.2, 0.25) is 0 Å². The topological polar surface area (TPSA) is 44.8 Å². The van der Waals surface area contributed by atoms with E-state index in [0.29, 0.717) is 24.5 Å². The first-order chi connectivity index (χ1) is 10.0. The molecule has 0 fully saturated rings. The SMILES string of the molecule is CCN(C(=O)c1cccc2c1OCCN2)C(C)CN(C)C. The fourth-order valence-electron chi connectivity index (χ4n) is 2.78. The van der Waals surface area contributed by atoms with Gasteiger partial charge in [0.25, 0.3) is 5.91 Å². The molecule has 1 aliphatic heterocycles. The van der Waals surface area contributed by atoms with Gasteiger partial charge in [-0.25, -0.2) is 0 Å². The van der Waals surface area contributed by atoms with Crippen LogP contribution in [0.3, 0.4) is 0 Å². The molecule has 2 rings (SSSR count). The van der Waals surface area contributed by atoms with Crippen LogP contribution in [0.4, 0.5) is 5.69 Å². The van der Waals surface area contributed by atoms with Gasteiger partial charge < -0.3 is 19.9 Å². The summed E-state index contributed by atoms with van der Waals surface area (Å²) in [5, 5.41) is 3.27. The molecule has 1 unspecified atom stereocenters. The molecule has 1 atom stereocenters. The first kappa shape index (κ1) is 15.6. The number of hydrogen-bond acceptors (Lipinski definition) is 4. The van der Waals surface area contributed by atoms with Crippen LogP contribution in [-0.2, 0) is 0 Å². The highest BCUT2D eigenvalue weighted by Gasteiger charge is 2.25. The molecule has 0 saturated carbocycles. The van der Waals surface area contributed by atoms with Crippen LogP contribution in [-0.4, -0.2) is 62.1 Å². The van der Waals surface area contributed by atoms with E-state index < -0.39 is 0 Å². The van der Waals surface area contributed by atoms with Gasteiger partial charge >= 0.3 is 0 Å². The second-order valence-electron chi connectivity index (χ2n) is 5.66. The number of carbonyl (C=O) groups excluding carboxylic acids is 1. The van der Waals surface area contributed by atoms with Crippen molar-refractivity contribution in [3.8, 4) is 5.75 Å². The van der Waals surface area contributed by atoms with Crippen LogP contribution in [0, 0.1) is 0 Å². The first-order valence-electron chi connectivity index (χ1n) is 7.50. The summed E-state index contributed by atoms with van der Waals surface area (Å²) in [6.45, 7) is 6.99. The Morgan fingerprint density at radius 1 is 1.43 bits per heavy atom. The number of ether oxygens (including phenoxy) is 1. The minimum atomic E-state index is 0.0346. The van der Waals surface area contributed by atoms with E-state index in [1.54, 1.807) is 0 Å². The third-order valence-electron chi connectivity index (χ3n) is 3.67. The number of nitrogens with one attached hydrogen (secondary N) is 1. The minimum absolute atomic E-state index is 0.0346. The van der Waals surface area contributed by atoms with E-state index in [-0.39, 0.29) is 11.9 Å².